The zero-order valence-electron chi connectivity index (χ0n) is 16.9. The van der Waals surface area contributed by atoms with Crippen molar-refractivity contribution in [3.8, 4) is 6.07 Å². The summed E-state index contributed by atoms with van der Waals surface area (Å²) < 4.78 is 32.7. The van der Waals surface area contributed by atoms with Crippen molar-refractivity contribution in [3.05, 3.63) is 40.9 Å². The Morgan fingerprint density at radius 2 is 2.16 bits per heavy atom. The van der Waals surface area contributed by atoms with Crippen LogP contribution in [-0.4, -0.2) is 59.8 Å². The summed E-state index contributed by atoms with van der Waals surface area (Å²) in [7, 11) is -0.796. The molecule has 1 aliphatic rings. The van der Waals surface area contributed by atoms with Crippen molar-refractivity contribution in [1.29, 1.82) is 5.26 Å². The van der Waals surface area contributed by atoms with Crippen molar-refractivity contribution in [1.82, 2.24) is 24.1 Å². The maximum atomic E-state index is 12.6. The molecule has 0 aliphatic carbocycles. The lowest BCUT2D eigenvalue weighted by atomic mass is 9.96. The number of anilines is 2. The van der Waals surface area contributed by atoms with Crippen LogP contribution in [0, 0.1) is 17.2 Å². The lowest BCUT2D eigenvalue weighted by molar-refractivity contribution is 0.0359. The number of rotatable bonds is 5. The average molecular weight is 443 g/mol. The van der Waals surface area contributed by atoms with Crippen molar-refractivity contribution in [3.63, 3.8) is 0 Å². The number of aromatic nitrogens is 4. The van der Waals surface area contributed by atoms with Gasteiger partial charge in [0.05, 0.1) is 42.0 Å². The minimum atomic E-state index is -3.65. The fourth-order valence-corrected chi connectivity index (χ4v) is 4.28. The van der Waals surface area contributed by atoms with Crippen LogP contribution in [0.4, 0.5) is 11.5 Å². The van der Waals surface area contributed by atoms with Crippen LogP contribution in [0.15, 0.2) is 40.4 Å². The summed E-state index contributed by atoms with van der Waals surface area (Å²) in [6.45, 7) is 0.827. The third kappa shape index (κ3) is 3.78. The van der Waals surface area contributed by atoms with Crippen LogP contribution >= 0.6 is 0 Å². The van der Waals surface area contributed by atoms with Crippen LogP contribution in [0.1, 0.15) is 12.5 Å². The molecule has 2 N–H and O–H groups in total. The summed E-state index contributed by atoms with van der Waals surface area (Å²) in [5.74, 6) is -0.00897. The molecular weight excluding hydrogens is 422 g/mol. The van der Waals surface area contributed by atoms with E-state index >= 15 is 0 Å². The van der Waals surface area contributed by atoms with Crippen LogP contribution < -0.4 is 10.9 Å². The standard InChI is InChI=1S/C19H21N7O4S/c1-25(2)31(28,29)16-4-3-13(10-22-16)23-18-17-14(5-7-21-19(17)27)26(24-18)15-11-30-8-6-12(15)9-20/h3-5,7,10,12,15H,6,8,11H2,1-2H3,(H,21,27)(H,23,24)/t12-,15+/m1/s1. The molecule has 1 saturated heterocycles. The van der Waals surface area contributed by atoms with Crippen LogP contribution in [-0.2, 0) is 14.8 Å². The topological polar surface area (TPSA) is 146 Å². The van der Waals surface area contributed by atoms with Crippen molar-refractivity contribution in [2.75, 3.05) is 32.6 Å². The summed E-state index contributed by atoms with van der Waals surface area (Å²) in [6.07, 6.45) is 3.47. The Morgan fingerprint density at radius 1 is 1.35 bits per heavy atom. The highest BCUT2D eigenvalue weighted by Gasteiger charge is 2.30. The normalized spacial score (nSPS) is 19.4. The highest BCUT2D eigenvalue weighted by Crippen LogP contribution is 2.31. The van der Waals surface area contributed by atoms with E-state index in [1.165, 1.54) is 32.6 Å². The number of nitriles is 1. The van der Waals surface area contributed by atoms with Crippen LogP contribution in [0.2, 0.25) is 0 Å². The third-order valence-electron chi connectivity index (χ3n) is 5.18. The predicted octanol–water partition coefficient (Wildman–Crippen LogP) is 1.21. The number of pyridine rings is 2. The fourth-order valence-electron chi connectivity index (χ4n) is 3.48. The zero-order valence-corrected chi connectivity index (χ0v) is 17.8. The molecule has 2 atom stereocenters. The number of hydrogen-bond donors (Lipinski definition) is 2. The van der Waals surface area contributed by atoms with Gasteiger partial charge >= 0.3 is 0 Å². The number of H-pyrrole nitrogens is 1. The molecule has 4 heterocycles. The van der Waals surface area contributed by atoms with Crippen molar-refractivity contribution in [2.45, 2.75) is 17.5 Å². The summed E-state index contributed by atoms with van der Waals surface area (Å²) in [5.41, 5.74) is 0.697. The molecule has 31 heavy (non-hydrogen) atoms. The second-order valence-corrected chi connectivity index (χ2v) is 9.42. The van der Waals surface area contributed by atoms with Crippen LogP contribution in [0.5, 0.6) is 0 Å². The van der Waals surface area contributed by atoms with Crippen molar-refractivity contribution < 1.29 is 13.2 Å². The minimum Gasteiger partial charge on any atom is -0.379 e. The summed E-state index contributed by atoms with van der Waals surface area (Å²) >= 11 is 0. The fraction of sp³-hybridized carbons (Fsp3) is 0.368. The largest absolute Gasteiger partial charge is 0.379 e. The number of nitrogens with zero attached hydrogens (tertiary/aromatic N) is 5. The molecule has 162 valence electrons. The molecule has 0 amide bonds. The summed E-state index contributed by atoms with van der Waals surface area (Å²) in [5, 5.41) is 17.4. The maximum absolute atomic E-state index is 12.6. The van der Waals surface area contributed by atoms with Gasteiger partial charge in [0, 0.05) is 26.9 Å². The van der Waals surface area contributed by atoms with Crippen LogP contribution in [0.3, 0.4) is 0 Å². The number of ether oxygens (including phenoxy) is 1. The van der Waals surface area contributed by atoms with Crippen molar-refractivity contribution in [2.24, 2.45) is 5.92 Å². The molecule has 12 heteroatoms. The Hall–Kier alpha value is -3.27. The van der Waals surface area contributed by atoms with Gasteiger partial charge in [-0.3, -0.25) is 9.48 Å². The molecule has 3 aromatic rings. The van der Waals surface area contributed by atoms with Gasteiger partial charge in [0.25, 0.3) is 15.6 Å². The lowest BCUT2D eigenvalue weighted by Gasteiger charge is -2.27. The lowest BCUT2D eigenvalue weighted by Crippen LogP contribution is -2.30. The first-order valence-corrected chi connectivity index (χ1v) is 11.0. The molecule has 4 rings (SSSR count). The molecule has 0 spiro atoms. The second kappa shape index (κ2) is 8.10. The first-order valence-electron chi connectivity index (χ1n) is 9.56. The SMILES string of the molecule is CN(C)S(=O)(=O)c1ccc(Nc2nn([C@H]3COCC[C@@H]3C#N)c3cc[nH]c(=O)c23)cn1. The maximum Gasteiger partial charge on any atom is 0.261 e. The van der Waals surface area contributed by atoms with E-state index in [2.05, 4.69) is 26.5 Å². The van der Waals surface area contributed by atoms with Gasteiger partial charge in [-0.05, 0) is 24.6 Å². The molecule has 0 bridgehead atoms. The number of hydrogen-bond acceptors (Lipinski definition) is 8. The Bertz CT molecular complexity index is 1310. The Kier molecular flexibility index (Phi) is 5.48. The van der Waals surface area contributed by atoms with Gasteiger partial charge in [-0.25, -0.2) is 17.7 Å². The first-order chi connectivity index (χ1) is 14.8. The Labute approximate surface area is 178 Å². The Morgan fingerprint density at radius 3 is 2.84 bits per heavy atom. The van der Waals surface area contributed by atoms with E-state index in [9.17, 15) is 18.5 Å². The number of nitrogens with one attached hydrogen (secondary N) is 2. The van der Waals surface area contributed by atoms with E-state index in [0.717, 1.165) is 4.31 Å². The van der Waals surface area contributed by atoms with Crippen LogP contribution in [0.25, 0.3) is 10.9 Å². The second-order valence-electron chi connectivity index (χ2n) is 7.32. The van der Waals surface area contributed by atoms with E-state index in [1.54, 1.807) is 16.8 Å². The van der Waals surface area contributed by atoms with E-state index in [0.29, 0.717) is 36.2 Å². The van der Waals surface area contributed by atoms with Crippen molar-refractivity contribution >= 4 is 32.4 Å². The minimum absolute atomic E-state index is 0.0903. The molecule has 0 aromatic carbocycles. The van der Waals surface area contributed by atoms with Gasteiger partial charge in [-0.1, -0.05) is 0 Å². The molecule has 0 saturated carbocycles. The highest BCUT2D eigenvalue weighted by atomic mass is 32.2. The number of fused-ring (bicyclic) bond motifs is 1. The quantitative estimate of drug-likeness (QED) is 0.598. The first kappa shape index (κ1) is 21.0. The van der Waals surface area contributed by atoms with E-state index in [-0.39, 0.29) is 28.4 Å². The monoisotopic (exact) mass is 443 g/mol. The van der Waals surface area contributed by atoms with Gasteiger partial charge in [0.2, 0.25) is 0 Å². The molecule has 1 fully saturated rings. The van der Waals surface area contributed by atoms with Gasteiger partial charge in [-0.2, -0.15) is 10.4 Å². The van der Waals surface area contributed by atoms with Gasteiger partial charge in [0.15, 0.2) is 10.8 Å². The third-order valence-corrected chi connectivity index (χ3v) is 6.91. The number of sulfonamides is 1. The Balaban J connectivity index is 1.74. The highest BCUT2D eigenvalue weighted by molar-refractivity contribution is 7.89. The average Bonchev–Trinajstić information content (AvgIpc) is 3.13. The molecular formula is C19H21N7O4S. The van der Waals surface area contributed by atoms with Gasteiger partial charge in [0.1, 0.15) is 5.39 Å². The molecule has 3 aromatic heterocycles. The number of aromatic amines is 1. The molecule has 11 nitrogen and oxygen atoms in total. The molecule has 1 aliphatic heterocycles. The van der Waals surface area contributed by atoms with Gasteiger partial charge < -0.3 is 15.0 Å². The summed E-state index contributed by atoms with van der Waals surface area (Å²) in [4.78, 5) is 19.2. The zero-order chi connectivity index (χ0) is 22.2. The van der Waals surface area contributed by atoms with E-state index in [4.69, 9.17) is 4.74 Å². The molecule has 0 radical (unpaired) electrons. The molecule has 0 unspecified atom stereocenters. The predicted molar refractivity (Wildman–Crippen MR) is 112 cm³/mol. The van der Waals surface area contributed by atoms with Gasteiger partial charge in [-0.15, -0.1) is 0 Å². The van der Waals surface area contributed by atoms with E-state index < -0.39 is 10.0 Å². The van der Waals surface area contributed by atoms with E-state index in [1.807, 2.05) is 0 Å². The summed E-state index contributed by atoms with van der Waals surface area (Å²) in [6, 6.07) is 6.62. The smallest absolute Gasteiger partial charge is 0.261 e.